The summed E-state index contributed by atoms with van der Waals surface area (Å²) < 4.78 is 0. The van der Waals surface area contributed by atoms with Crippen LogP contribution >= 0.6 is 0 Å². The first-order valence-corrected chi connectivity index (χ1v) is 7.91. The SMILES string of the molecule is c1ccc(C2=N[C@@H](c3ccccc3)N[C@@H]2c2ccccc2)cc1. The van der Waals surface area contributed by atoms with Crippen LogP contribution in [-0.2, 0) is 0 Å². The summed E-state index contributed by atoms with van der Waals surface area (Å²) in [5, 5.41) is 3.67. The average molecular weight is 298 g/mol. The zero-order valence-corrected chi connectivity index (χ0v) is 12.8. The van der Waals surface area contributed by atoms with Crippen molar-refractivity contribution in [2.24, 2.45) is 4.99 Å². The van der Waals surface area contributed by atoms with Gasteiger partial charge in [0.05, 0.1) is 11.8 Å². The van der Waals surface area contributed by atoms with Gasteiger partial charge in [-0.2, -0.15) is 0 Å². The molecular formula is C21H18N2. The molecule has 2 nitrogen and oxygen atoms in total. The Balaban J connectivity index is 1.76. The molecule has 0 unspecified atom stereocenters. The predicted octanol–water partition coefficient (Wildman–Crippen LogP) is 4.52. The average Bonchev–Trinajstić information content (AvgIpc) is 3.09. The van der Waals surface area contributed by atoms with E-state index >= 15 is 0 Å². The highest BCUT2D eigenvalue weighted by atomic mass is 15.2. The molecule has 0 aliphatic carbocycles. The van der Waals surface area contributed by atoms with Gasteiger partial charge in [-0.15, -0.1) is 0 Å². The maximum absolute atomic E-state index is 4.99. The van der Waals surface area contributed by atoms with E-state index in [1.807, 2.05) is 18.2 Å². The van der Waals surface area contributed by atoms with Crippen LogP contribution in [0.3, 0.4) is 0 Å². The lowest BCUT2D eigenvalue weighted by atomic mass is 9.97. The van der Waals surface area contributed by atoms with Crippen LogP contribution in [0.5, 0.6) is 0 Å². The zero-order chi connectivity index (χ0) is 15.5. The summed E-state index contributed by atoms with van der Waals surface area (Å²) in [6, 6.07) is 31.5. The summed E-state index contributed by atoms with van der Waals surface area (Å²) in [6.07, 6.45) is -0.00314. The topological polar surface area (TPSA) is 24.4 Å². The molecule has 4 rings (SSSR count). The molecule has 23 heavy (non-hydrogen) atoms. The monoisotopic (exact) mass is 298 g/mol. The standard InChI is InChI=1S/C21H18N2/c1-4-10-16(11-5-1)19-20(17-12-6-2-7-13-17)23-21(22-19)18-14-8-3-9-15-18/h1-15,19,21-22H/t19-,21+/m1/s1. The van der Waals surface area contributed by atoms with Gasteiger partial charge in [0, 0.05) is 0 Å². The minimum atomic E-state index is -0.00314. The van der Waals surface area contributed by atoms with E-state index in [0.29, 0.717) is 0 Å². The molecule has 1 aliphatic rings. The molecule has 0 aromatic heterocycles. The number of nitrogens with one attached hydrogen (secondary N) is 1. The van der Waals surface area contributed by atoms with Gasteiger partial charge < -0.3 is 0 Å². The molecule has 1 heterocycles. The fraction of sp³-hybridized carbons (Fsp3) is 0.0952. The van der Waals surface area contributed by atoms with E-state index in [9.17, 15) is 0 Å². The largest absolute Gasteiger partial charge is 0.280 e. The Kier molecular flexibility index (Phi) is 3.75. The molecule has 1 aliphatic heterocycles. The lowest BCUT2D eigenvalue weighted by Gasteiger charge is -2.16. The fourth-order valence-corrected chi connectivity index (χ4v) is 3.04. The van der Waals surface area contributed by atoms with Gasteiger partial charge in [-0.1, -0.05) is 91.0 Å². The molecule has 0 bridgehead atoms. The molecule has 0 spiro atoms. The van der Waals surface area contributed by atoms with Crippen molar-refractivity contribution in [2.45, 2.75) is 12.2 Å². The van der Waals surface area contributed by atoms with Crippen LogP contribution in [0.1, 0.15) is 28.9 Å². The highest BCUT2D eigenvalue weighted by Crippen LogP contribution is 2.31. The van der Waals surface area contributed by atoms with Crippen molar-refractivity contribution in [3.05, 3.63) is 108 Å². The van der Waals surface area contributed by atoms with Gasteiger partial charge in [-0.25, -0.2) is 0 Å². The first-order chi connectivity index (χ1) is 11.4. The van der Waals surface area contributed by atoms with Crippen LogP contribution in [0.25, 0.3) is 0 Å². The van der Waals surface area contributed by atoms with Crippen LogP contribution < -0.4 is 5.32 Å². The number of hydrogen-bond donors (Lipinski definition) is 1. The lowest BCUT2D eigenvalue weighted by molar-refractivity contribution is 0.574. The van der Waals surface area contributed by atoms with E-state index in [0.717, 1.165) is 5.71 Å². The molecule has 2 heteroatoms. The maximum atomic E-state index is 4.99. The number of rotatable bonds is 3. The van der Waals surface area contributed by atoms with Crippen LogP contribution in [0.2, 0.25) is 0 Å². The third-order valence-corrected chi connectivity index (χ3v) is 4.18. The lowest BCUT2D eigenvalue weighted by Crippen LogP contribution is -2.23. The summed E-state index contributed by atoms with van der Waals surface area (Å²) in [5.74, 6) is 0. The number of hydrogen-bond acceptors (Lipinski definition) is 2. The number of nitrogens with zero attached hydrogens (tertiary/aromatic N) is 1. The molecule has 0 saturated carbocycles. The molecule has 0 radical (unpaired) electrons. The van der Waals surface area contributed by atoms with Gasteiger partial charge >= 0.3 is 0 Å². The van der Waals surface area contributed by atoms with Crippen molar-refractivity contribution >= 4 is 5.71 Å². The third kappa shape index (κ3) is 2.81. The summed E-state index contributed by atoms with van der Waals surface area (Å²) in [6.45, 7) is 0. The molecule has 0 amide bonds. The van der Waals surface area contributed by atoms with E-state index in [1.54, 1.807) is 0 Å². The Morgan fingerprint density at radius 3 is 1.74 bits per heavy atom. The Morgan fingerprint density at radius 1 is 0.609 bits per heavy atom. The molecule has 3 aromatic carbocycles. The first-order valence-electron chi connectivity index (χ1n) is 7.91. The van der Waals surface area contributed by atoms with Crippen molar-refractivity contribution in [3.8, 4) is 0 Å². The predicted molar refractivity (Wildman–Crippen MR) is 94.5 cm³/mol. The summed E-state index contributed by atoms with van der Waals surface area (Å²) in [7, 11) is 0. The zero-order valence-electron chi connectivity index (χ0n) is 12.8. The fourth-order valence-electron chi connectivity index (χ4n) is 3.04. The van der Waals surface area contributed by atoms with Crippen molar-refractivity contribution < 1.29 is 0 Å². The molecule has 112 valence electrons. The van der Waals surface area contributed by atoms with E-state index in [4.69, 9.17) is 4.99 Å². The molecule has 3 aromatic rings. The van der Waals surface area contributed by atoms with Crippen LogP contribution in [0.4, 0.5) is 0 Å². The summed E-state index contributed by atoms with van der Waals surface area (Å²) in [4.78, 5) is 4.99. The van der Waals surface area contributed by atoms with Crippen LogP contribution in [0, 0.1) is 0 Å². The van der Waals surface area contributed by atoms with E-state index in [-0.39, 0.29) is 12.2 Å². The summed E-state index contributed by atoms with van der Waals surface area (Å²) >= 11 is 0. The molecule has 1 N–H and O–H groups in total. The van der Waals surface area contributed by atoms with Gasteiger partial charge in [0.2, 0.25) is 0 Å². The minimum Gasteiger partial charge on any atom is -0.280 e. The second-order valence-electron chi connectivity index (χ2n) is 5.70. The number of benzene rings is 3. The van der Waals surface area contributed by atoms with Crippen LogP contribution in [-0.4, -0.2) is 5.71 Å². The quantitative estimate of drug-likeness (QED) is 0.755. The van der Waals surface area contributed by atoms with Crippen molar-refractivity contribution in [2.75, 3.05) is 0 Å². The van der Waals surface area contributed by atoms with Gasteiger partial charge in [0.1, 0.15) is 6.17 Å². The second-order valence-corrected chi connectivity index (χ2v) is 5.70. The summed E-state index contributed by atoms with van der Waals surface area (Å²) in [5.41, 5.74) is 4.71. The van der Waals surface area contributed by atoms with Gasteiger partial charge in [-0.05, 0) is 16.7 Å². The van der Waals surface area contributed by atoms with E-state index in [1.165, 1.54) is 16.7 Å². The van der Waals surface area contributed by atoms with Crippen LogP contribution in [0.15, 0.2) is 96.0 Å². The molecule has 0 fully saturated rings. The minimum absolute atomic E-state index is 0.00314. The smallest absolute Gasteiger partial charge is 0.126 e. The van der Waals surface area contributed by atoms with E-state index < -0.39 is 0 Å². The Bertz CT molecular complexity index is 795. The molecule has 0 saturated heterocycles. The highest BCUT2D eigenvalue weighted by molar-refractivity contribution is 6.06. The van der Waals surface area contributed by atoms with Crippen molar-refractivity contribution in [3.63, 3.8) is 0 Å². The maximum Gasteiger partial charge on any atom is 0.126 e. The third-order valence-electron chi connectivity index (χ3n) is 4.18. The highest BCUT2D eigenvalue weighted by Gasteiger charge is 2.30. The molecule has 2 atom stereocenters. The Hall–Kier alpha value is -2.71. The number of aliphatic imine (C=N–C) groups is 1. The van der Waals surface area contributed by atoms with E-state index in [2.05, 4.69) is 78.1 Å². The normalized spacial score (nSPS) is 20.3. The van der Waals surface area contributed by atoms with Gasteiger partial charge in [-0.3, -0.25) is 10.3 Å². The first kappa shape index (κ1) is 13.9. The Morgan fingerprint density at radius 2 is 1.13 bits per heavy atom. The van der Waals surface area contributed by atoms with Crippen molar-refractivity contribution in [1.29, 1.82) is 0 Å². The second kappa shape index (κ2) is 6.19. The van der Waals surface area contributed by atoms with Gasteiger partial charge in [0.25, 0.3) is 0 Å². The molecular weight excluding hydrogens is 280 g/mol. The van der Waals surface area contributed by atoms with Gasteiger partial charge in [0.15, 0.2) is 0 Å². The Labute approximate surface area is 136 Å². The van der Waals surface area contributed by atoms with Crippen molar-refractivity contribution in [1.82, 2.24) is 5.32 Å².